The molecular weight excluding hydrogens is 170 g/mol. The fourth-order valence-corrected chi connectivity index (χ4v) is 1.53. The van der Waals surface area contributed by atoms with Gasteiger partial charge in [0.15, 0.2) is 0 Å². The monoisotopic (exact) mass is 181 g/mol. The number of aryl methyl sites for hydroxylation is 2. The van der Waals surface area contributed by atoms with E-state index in [1.165, 1.54) is 0 Å². The third-order valence-corrected chi connectivity index (χ3v) is 2.11. The molecule has 1 N–H and O–H groups in total. The molecule has 1 fully saturated rings. The van der Waals surface area contributed by atoms with Gasteiger partial charge in [-0.2, -0.15) is 0 Å². The van der Waals surface area contributed by atoms with Crippen LogP contribution in [0.1, 0.15) is 23.2 Å². The van der Waals surface area contributed by atoms with E-state index in [1.54, 1.807) is 0 Å². The first kappa shape index (κ1) is 8.16. The predicted molar refractivity (Wildman–Crippen MR) is 45.4 cm³/mol. The standard InChI is InChI=1S/C9H11NO3/c1-5-3-7(6(2)12-5)8-4-10-9(11)13-8/h3,8H,4H2,1-2H3,(H,10,11). The lowest BCUT2D eigenvalue weighted by molar-refractivity contribution is 0.140. The van der Waals surface area contributed by atoms with Crippen LogP contribution < -0.4 is 5.32 Å². The Kier molecular flexibility index (Phi) is 1.76. The molecule has 2 rings (SSSR count). The van der Waals surface area contributed by atoms with E-state index in [0.29, 0.717) is 6.54 Å². The number of carbonyl (C=O) groups is 1. The van der Waals surface area contributed by atoms with Crippen molar-refractivity contribution in [1.29, 1.82) is 0 Å². The lowest BCUT2D eigenvalue weighted by atomic mass is 10.1. The molecule has 4 heteroatoms. The Hall–Kier alpha value is -1.45. The van der Waals surface area contributed by atoms with Crippen molar-refractivity contribution in [3.63, 3.8) is 0 Å². The molecule has 2 heterocycles. The third kappa shape index (κ3) is 1.39. The fourth-order valence-electron chi connectivity index (χ4n) is 1.53. The predicted octanol–water partition coefficient (Wildman–Crippen LogP) is 1.68. The molecule has 1 amide bonds. The van der Waals surface area contributed by atoms with Crippen LogP contribution in [0.2, 0.25) is 0 Å². The average molecular weight is 181 g/mol. The van der Waals surface area contributed by atoms with E-state index >= 15 is 0 Å². The largest absolute Gasteiger partial charge is 0.466 e. The number of hydrogen-bond acceptors (Lipinski definition) is 3. The lowest BCUT2D eigenvalue weighted by Crippen LogP contribution is -2.12. The maximum atomic E-state index is 10.8. The van der Waals surface area contributed by atoms with Gasteiger partial charge in [0.1, 0.15) is 17.6 Å². The minimum atomic E-state index is -0.358. The summed E-state index contributed by atoms with van der Waals surface area (Å²) in [6.07, 6.45) is -0.548. The Bertz CT molecular complexity index is 343. The molecule has 0 radical (unpaired) electrons. The van der Waals surface area contributed by atoms with Crippen molar-refractivity contribution < 1.29 is 13.9 Å². The number of carbonyl (C=O) groups excluding carboxylic acids is 1. The molecule has 1 atom stereocenters. The number of rotatable bonds is 1. The van der Waals surface area contributed by atoms with Crippen molar-refractivity contribution >= 4 is 6.09 Å². The molecule has 1 aliphatic heterocycles. The molecule has 1 aliphatic rings. The van der Waals surface area contributed by atoms with Crippen LogP contribution in [0.3, 0.4) is 0 Å². The highest BCUT2D eigenvalue weighted by Crippen LogP contribution is 2.26. The minimum Gasteiger partial charge on any atom is -0.466 e. The summed E-state index contributed by atoms with van der Waals surface area (Å²) in [5.74, 6) is 1.66. The first-order valence-electron chi connectivity index (χ1n) is 4.18. The molecule has 1 aromatic rings. The van der Waals surface area contributed by atoms with Gasteiger partial charge >= 0.3 is 6.09 Å². The molecule has 0 spiro atoms. The fraction of sp³-hybridized carbons (Fsp3) is 0.444. The number of hydrogen-bond donors (Lipinski definition) is 1. The normalized spacial score (nSPS) is 21.4. The zero-order valence-corrected chi connectivity index (χ0v) is 7.59. The first-order chi connectivity index (χ1) is 6.16. The zero-order chi connectivity index (χ0) is 9.42. The third-order valence-electron chi connectivity index (χ3n) is 2.11. The Labute approximate surface area is 75.9 Å². The van der Waals surface area contributed by atoms with E-state index in [0.717, 1.165) is 17.1 Å². The van der Waals surface area contributed by atoms with Gasteiger partial charge in [-0.1, -0.05) is 0 Å². The zero-order valence-electron chi connectivity index (χ0n) is 7.59. The van der Waals surface area contributed by atoms with Crippen molar-refractivity contribution in [1.82, 2.24) is 5.32 Å². The van der Waals surface area contributed by atoms with Crippen molar-refractivity contribution in [2.75, 3.05) is 6.54 Å². The summed E-state index contributed by atoms with van der Waals surface area (Å²) in [6.45, 7) is 4.27. The minimum absolute atomic E-state index is 0.190. The molecule has 13 heavy (non-hydrogen) atoms. The number of ether oxygens (including phenoxy) is 1. The highest BCUT2D eigenvalue weighted by atomic mass is 16.6. The van der Waals surface area contributed by atoms with Gasteiger partial charge in [-0.25, -0.2) is 4.79 Å². The number of amides is 1. The maximum Gasteiger partial charge on any atom is 0.407 e. The summed E-state index contributed by atoms with van der Waals surface area (Å²) in [7, 11) is 0. The second-order valence-corrected chi connectivity index (χ2v) is 3.14. The van der Waals surface area contributed by atoms with Crippen LogP contribution in [0.4, 0.5) is 4.79 Å². The average Bonchev–Trinajstić information content (AvgIpc) is 2.58. The maximum absolute atomic E-state index is 10.8. The highest BCUT2D eigenvalue weighted by Gasteiger charge is 2.27. The van der Waals surface area contributed by atoms with E-state index in [-0.39, 0.29) is 12.2 Å². The lowest BCUT2D eigenvalue weighted by Gasteiger charge is -2.04. The number of cyclic esters (lactones) is 1. The van der Waals surface area contributed by atoms with Gasteiger partial charge in [0.25, 0.3) is 0 Å². The van der Waals surface area contributed by atoms with E-state index in [9.17, 15) is 4.79 Å². The molecule has 70 valence electrons. The van der Waals surface area contributed by atoms with Gasteiger partial charge in [0, 0.05) is 5.56 Å². The van der Waals surface area contributed by atoms with Crippen LogP contribution in [-0.2, 0) is 4.74 Å². The Morgan fingerprint density at radius 2 is 2.31 bits per heavy atom. The quantitative estimate of drug-likeness (QED) is 0.717. The van der Waals surface area contributed by atoms with Crippen LogP contribution in [-0.4, -0.2) is 12.6 Å². The van der Waals surface area contributed by atoms with Crippen LogP contribution in [0.15, 0.2) is 10.5 Å². The van der Waals surface area contributed by atoms with Crippen LogP contribution in [0, 0.1) is 13.8 Å². The topological polar surface area (TPSA) is 51.5 Å². The summed E-state index contributed by atoms with van der Waals surface area (Å²) >= 11 is 0. The van der Waals surface area contributed by atoms with Crippen molar-refractivity contribution in [3.05, 3.63) is 23.2 Å². The van der Waals surface area contributed by atoms with Crippen LogP contribution in [0.25, 0.3) is 0 Å². The van der Waals surface area contributed by atoms with E-state index in [2.05, 4.69) is 5.32 Å². The Balaban J connectivity index is 2.25. The number of furan rings is 1. The molecule has 0 aromatic carbocycles. The van der Waals surface area contributed by atoms with Gasteiger partial charge in [0.05, 0.1) is 6.54 Å². The summed E-state index contributed by atoms with van der Waals surface area (Å²) in [6, 6.07) is 1.90. The SMILES string of the molecule is Cc1cc(C2CNC(=O)O2)c(C)o1. The molecule has 1 aromatic heterocycles. The van der Waals surface area contributed by atoms with Gasteiger partial charge in [-0.3, -0.25) is 0 Å². The van der Waals surface area contributed by atoms with Gasteiger partial charge in [-0.05, 0) is 19.9 Å². The van der Waals surface area contributed by atoms with Crippen molar-refractivity contribution in [2.24, 2.45) is 0 Å². The Morgan fingerprint density at radius 3 is 2.77 bits per heavy atom. The second-order valence-electron chi connectivity index (χ2n) is 3.14. The number of nitrogens with one attached hydrogen (secondary N) is 1. The van der Waals surface area contributed by atoms with E-state index < -0.39 is 0 Å². The summed E-state index contributed by atoms with van der Waals surface area (Å²) in [4.78, 5) is 10.8. The van der Waals surface area contributed by atoms with Crippen LogP contribution in [0.5, 0.6) is 0 Å². The molecule has 0 aliphatic carbocycles. The molecule has 4 nitrogen and oxygen atoms in total. The summed E-state index contributed by atoms with van der Waals surface area (Å²) in [5.41, 5.74) is 0.954. The molecular formula is C9H11NO3. The Morgan fingerprint density at radius 1 is 1.54 bits per heavy atom. The van der Waals surface area contributed by atoms with Crippen molar-refractivity contribution in [3.8, 4) is 0 Å². The highest BCUT2D eigenvalue weighted by molar-refractivity contribution is 5.69. The second kappa shape index (κ2) is 2.80. The van der Waals surface area contributed by atoms with Gasteiger partial charge < -0.3 is 14.5 Å². The number of alkyl carbamates (subject to hydrolysis) is 1. The molecule has 0 saturated carbocycles. The molecule has 0 bridgehead atoms. The van der Waals surface area contributed by atoms with Crippen LogP contribution >= 0.6 is 0 Å². The first-order valence-corrected chi connectivity index (χ1v) is 4.18. The summed E-state index contributed by atoms with van der Waals surface area (Å²) in [5, 5.41) is 2.60. The molecule has 1 unspecified atom stereocenters. The summed E-state index contributed by atoms with van der Waals surface area (Å²) < 4.78 is 10.4. The molecule has 1 saturated heterocycles. The van der Waals surface area contributed by atoms with E-state index in [4.69, 9.17) is 9.15 Å². The van der Waals surface area contributed by atoms with Gasteiger partial charge in [-0.15, -0.1) is 0 Å². The smallest absolute Gasteiger partial charge is 0.407 e. The van der Waals surface area contributed by atoms with Gasteiger partial charge in [0.2, 0.25) is 0 Å². The van der Waals surface area contributed by atoms with Crippen molar-refractivity contribution in [2.45, 2.75) is 20.0 Å². The van der Waals surface area contributed by atoms with E-state index in [1.807, 2.05) is 19.9 Å².